The van der Waals surface area contributed by atoms with Crippen LogP contribution in [0.1, 0.15) is 44.5 Å². The molecule has 0 unspecified atom stereocenters. The van der Waals surface area contributed by atoms with Crippen LogP contribution in [0.15, 0.2) is 6.33 Å². The summed E-state index contributed by atoms with van der Waals surface area (Å²) in [5.74, 6) is 1.40. The largest absolute Gasteiger partial charge is 0.383 e. The van der Waals surface area contributed by atoms with Crippen molar-refractivity contribution in [2.45, 2.75) is 52.7 Å². The SMILES string of the molecule is COCCNc1ncnc2c1sc1nc(CC(C)C)c3c(c12)CC(C)(C)OC3. The summed E-state index contributed by atoms with van der Waals surface area (Å²) in [6, 6.07) is 0. The molecule has 1 aliphatic rings. The highest BCUT2D eigenvalue weighted by Crippen LogP contribution is 2.42. The van der Waals surface area contributed by atoms with E-state index in [1.807, 2.05) is 0 Å². The van der Waals surface area contributed by atoms with Gasteiger partial charge >= 0.3 is 0 Å². The molecule has 1 N–H and O–H groups in total. The van der Waals surface area contributed by atoms with Crippen LogP contribution in [0.4, 0.5) is 5.82 Å². The molecule has 4 rings (SSSR count). The van der Waals surface area contributed by atoms with Gasteiger partial charge in [0, 0.05) is 36.7 Å². The summed E-state index contributed by atoms with van der Waals surface area (Å²) in [6.07, 6.45) is 3.47. The van der Waals surface area contributed by atoms with Crippen molar-refractivity contribution in [2.75, 3.05) is 25.6 Å². The first-order valence-electron chi connectivity index (χ1n) is 9.84. The van der Waals surface area contributed by atoms with E-state index < -0.39 is 0 Å². The van der Waals surface area contributed by atoms with E-state index in [2.05, 4.69) is 43.0 Å². The molecule has 0 bridgehead atoms. The van der Waals surface area contributed by atoms with Gasteiger partial charge in [-0.25, -0.2) is 15.0 Å². The van der Waals surface area contributed by atoms with Gasteiger partial charge in [-0.05, 0) is 31.7 Å². The number of rotatable bonds is 6. The molecule has 0 aliphatic carbocycles. The van der Waals surface area contributed by atoms with Crippen LogP contribution in [0.3, 0.4) is 0 Å². The summed E-state index contributed by atoms with van der Waals surface area (Å²) >= 11 is 1.68. The molecule has 4 heterocycles. The summed E-state index contributed by atoms with van der Waals surface area (Å²) in [5, 5.41) is 4.55. The van der Waals surface area contributed by atoms with Crippen LogP contribution in [0.5, 0.6) is 0 Å². The van der Waals surface area contributed by atoms with Crippen molar-refractivity contribution in [3.63, 3.8) is 0 Å². The maximum atomic E-state index is 6.15. The fourth-order valence-corrected chi connectivity index (χ4v) is 4.97. The Morgan fingerprint density at radius 3 is 2.86 bits per heavy atom. The van der Waals surface area contributed by atoms with E-state index in [1.54, 1.807) is 24.8 Å². The van der Waals surface area contributed by atoms with E-state index >= 15 is 0 Å². The molecular formula is C21H28N4O2S. The molecule has 1 aliphatic heterocycles. The van der Waals surface area contributed by atoms with E-state index in [9.17, 15) is 0 Å². The summed E-state index contributed by atoms with van der Waals surface area (Å²) in [5.41, 5.74) is 4.59. The van der Waals surface area contributed by atoms with Gasteiger partial charge in [-0.2, -0.15) is 0 Å². The van der Waals surface area contributed by atoms with Crippen molar-refractivity contribution in [1.82, 2.24) is 15.0 Å². The third-order valence-electron chi connectivity index (χ3n) is 5.11. The molecule has 150 valence electrons. The number of fused-ring (bicyclic) bond motifs is 5. The molecular weight excluding hydrogens is 372 g/mol. The van der Waals surface area contributed by atoms with Crippen LogP contribution in [0, 0.1) is 5.92 Å². The minimum Gasteiger partial charge on any atom is -0.383 e. The monoisotopic (exact) mass is 400 g/mol. The van der Waals surface area contributed by atoms with Crippen LogP contribution in [-0.4, -0.2) is 40.8 Å². The van der Waals surface area contributed by atoms with Gasteiger partial charge in [-0.15, -0.1) is 11.3 Å². The Labute approximate surface area is 169 Å². The van der Waals surface area contributed by atoms with E-state index in [0.717, 1.165) is 33.7 Å². The van der Waals surface area contributed by atoms with E-state index in [0.29, 0.717) is 25.7 Å². The number of nitrogens with zero attached hydrogens (tertiary/aromatic N) is 3. The maximum Gasteiger partial charge on any atom is 0.147 e. The third kappa shape index (κ3) is 3.58. The average molecular weight is 401 g/mol. The van der Waals surface area contributed by atoms with Crippen LogP contribution in [-0.2, 0) is 28.9 Å². The minimum absolute atomic E-state index is 0.183. The molecule has 0 fully saturated rings. The van der Waals surface area contributed by atoms with Gasteiger partial charge in [0.05, 0.1) is 29.0 Å². The smallest absolute Gasteiger partial charge is 0.147 e. The number of aromatic nitrogens is 3. The van der Waals surface area contributed by atoms with Gasteiger partial charge < -0.3 is 14.8 Å². The molecule has 3 aromatic heterocycles. The molecule has 0 saturated carbocycles. The number of ether oxygens (including phenoxy) is 2. The van der Waals surface area contributed by atoms with Crippen LogP contribution in [0.2, 0.25) is 0 Å². The highest BCUT2D eigenvalue weighted by molar-refractivity contribution is 7.26. The van der Waals surface area contributed by atoms with Crippen molar-refractivity contribution < 1.29 is 9.47 Å². The van der Waals surface area contributed by atoms with Crippen LogP contribution < -0.4 is 5.32 Å². The second kappa shape index (κ2) is 7.54. The van der Waals surface area contributed by atoms with Gasteiger partial charge in [0.2, 0.25) is 0 Å². The lowest BCUT2D eigenvalue weighted by Crippen LogP contribution is -2.33. The summed E-state index contributed by atoms with van der Waals surface area (Å²) in [4.78, 5) is 15.2. The number of hydrogen-bond donors (Lipinski definition) is 1. The van der Waals surface area contributed by atoms with Gasteiger partial charge in [-0.3, -0.25) is 0 Å². The van der Waals surface area contributed by atoms with Crippen LogP contribution >= 0.6 is 11.3 Å². The van der Waals surface area contributed by atoms with Gasteiger partial charge in [-0.1, -0.05) is 13.8 Å². The van der Waals surface area contributed by atoms with E-state index in [1.165, 1.54) is 22.2 Å². The number of hydrogen-bond acceptors (Lipinski definition) is 7. The van der Waals surface area contributed by atoms with Crippen LogP contribution in [0.25, 0.3) is 20.4 Å². The standard InChI is InChI=1S/C21H28N4O2S/c1-12(2)8-15-14-10-27-21(3,4)9-13(14)16-17-18(28-20(16)25-15)19(24-11-23-17)22-6-7-26-5/h11-12H,6-10H2,1-5H3,(H,22,23,24). The maximum absolute atomic E-state index is 6.15. The van der Waals surface area contributed by atoms with Crippen molar-refractivity contribution in [3.05, 3.63) is 23.1 Å². The molecule has 6 nitrogen and oxygen atoms in total. The number of methoxy groups -OCH3 is 1. The van der Waals surface area contributed by atoms with Crippen molar-refractivity contribution >= 4 is 37.6 Å². The minimum atomic E-state index is -0.183. The van der Waals surface area contributed by atoms with E-state index in [4.69, 9.17) is 14.5 Å². The second-order valence-electron chi connectivity index (χ2n) is 8.44. The lowest BCUT2D eigenvalue weighted by atomic mass is 9.88. The first-order chi connectivity index (χ1) is 13.4. The van der Waals surface area contributed by atoms with Gasteiger partial charge in [0.1, 0.15) is 17.0 Å². The second-order valence-corrected chi connectivity index (χ2v) is 9.44. The Balaban J connectivity index is 1.93. The Hall–Kier alpha value is -1.83. The zero-order chi connectivity index (χ0) is 19.9. The first kappa shape index (κ1) is 19.5. The zero-order valence-electron chi connectivity index (χ0n) is 17.3. The Bertz CT molecular complexity index is 1010. The number of thiophene rings is 1. The summed E-state index contributed by atoms with van der Waals surface area (Å²) in [6.45, 7) is 10.8. The molecule has 0 amide bonds. The molecule has 7 heteroatoms. The zero-order valence-corrected chi connectivity index (χ0v) is 18.1. The van der Waals surface area contributed by atoms with Crippen molar-refractivity contribution in [2.24, 2.45) is 5.92 Å². The highest BCUT2D eigenvalue weighted by Gasteiger charge is 2.31. The lowest BCUT2D eigenvalue weighted by molar-refractivity contribution is -0.0402. The molecule has 0 aromatic carbocycles. The Kier molecular flexibility index (Phi) is 5.24. The summed E-state index contributed by atoms with van der Waals surface area (Å²) in [7, 11) is 1.70. The average Bonchev–Trinajstić information content (AvgIpc) is 3.00. The normalized spacial score (nSPS) is 16.1. The topological polar surface area (TPSA) is 69.2 Å². The van der Waals surface area contributed by atoms with Gasteiger partial charge in [0.15, 0.2) is 0 Å². The number of pyridine rings is 1. The van der Waals surface area contributed by atoms with Crippen molar-refractivity contribution in [1.29, 1.82) is 0 Å². The van der Waals surface area contributed by atoms with Gasteiger partial charge in [0.25, 0.3) is 0 Å². The number of anilines is 1. The fourth-order valence-electron chi connectivity index (χ4n) is 3.83. The Morgan fingerprint density at radius 1 is 1.29 bits per heavy atom. The number of nitrogens with one attached hydrogen (secondary N) is 1. The highest BCUT2D eigenvalue weighted by atomic mass is 32.1. The predicted octanol–water partition coefficient (Wildman–Crippen LogP) is 4.35. The molecule has 0 saturated heterocycles. The lowest BCUT2D eigenvalue weighted by Gasteiger charge is -2.33. The summed E-state index contributed by atoms with van der Waals surface area (Å²) < 4.78 is 12.4. The fraction of sp³-hybridized carbons (Fsp3) is 0.571. The first-order valence-corrected chi connectivity index (χ1v) is 10.7. The molecule has 0 spiro atoms. The molecule has 0 atom stereocenters. The molecule has 0 radical (unpaired) electrons. The van der Waals surface area contributed by atoms with Crippen molar-refractivity contribution in [3.8, 4) is 0 Å². The quantitative estimate of drug-likeness (QED) is 0.621. The predicted molar refractivity (Wildman–Crippen MR) is 114 cm³/mol. The molecule has 3 aromatic rings. The van der Waals surface area contributed by atoms with E-state index in [-0.39, 0.29) is 5.60 Å². The molecule has 28 heavy (non-hydrogen) atoms. The Morgan fingerprint density at radius 2 is 2.11 bits per heavy atom. The third-order valence-corrected chi connectivity index (χ3v) is 6.19.